The number of hydrogen-bond acceptors (Lipinski definition) is 4. The summed E-state index contributed by atoms with van der Waals surface area (Å²) in [6, 6.07) is 9.22. The second-order valence-corrected chi connectivity index (χ2v) is 10.3. The van der Waals surface area contributed by atoms with Crippen LogP contribution < -0.4 is 0 Å². The average molecular weight is 578 g/mol. The molecule has 214 valence electrons. The van der Waals surface area contributed by atoms with E-state index in [0.717, 1.165) is 28.2 Å². The highest BCUT2D eigenvalue weighted by molar-refractivity contribution is 5.73. The predicted octanol–water partition coefficient (Wildman–Crippen LogP) is 7.03. The highest BCUT2D eigenvalue weighted by Crippen LogP contribution is 2.36. The van der Waals surface area contributed by atoms with E-state index in [1.807, 2.05) is 30.5 Å². The maximum atomic E-state index is 15.2. The highest BCUT2D eigenvalue weighted by Gasteiger charge is 2.38. The Morgan fingerprint density at radius 3 is 2.17 bits per heavy atom. The van der Waals surface area contributed by atoms with Crippen molar-refractivity contribution in [1.82, 2.24) is 33.9 Å². The molecule has 0 radical (unpaired) electrons. The third-order valence-electron chi connectivity index (χ3n) is 7.20. The first kappa shape index (κ1) is 27.3. The quantitative estimate of drug-likeness (QED) is 0.199. The van der Waals surface area contributed by atoms with Crippen molar-refractivity contribution in [1.29, 1.82) is 0 Å². The molecule has 12 heteroatoms. The number of aryl methyl sites for hydroxylation is 3. The van der Waals surface area contributed by atoms with Crippen LogP contribution in [-0.4, -0.2) is 39.9 Å². The molecule has 0 aliphatic carbocycles. The molecule has 0 aliphatic heterocycles. The van der Waals surface area contributed by atoms with Gasteiger partial charge in [0.2, 0.25) is 0 Å². The van der Waals surface area contributed by atoms with Gasteiger partial charge in [-0.2, -0.15) is 10.1 Å². The van der Waals surface area contributed by atoms with Gasteiger partial charge in [-0.3, -0.25) is 9.25 Å². The van der Waals surface area contributed by atoms with Gasteiger partial charge in [-0.15, -0.1) is 5.10 Å². The van der Waals surface area contributed by atoms with E-state index in [1.54, 1.807) is 23.7 Å². The van der Waals surface area contributed by atoms with Gasteiger partial charge in [0, 0.05) is 53.5 Å². The van der Waals surface area contributed by atoms with E-state index < -0.39 is 29.4 Å². The van der Waals surface area contributed by atoms with E-state index in [0.29, 0.717) is 35.7 Å². The number of benzene rings is 1. The lowest BCUT2D eigenvalue weighted by molar-refractivity contribution is -0.0217. The monoisotopic (exact) mass is 577 g/mol. The van der Waals surface area contributed by atoms with E-state index >= 15 is 8.78 Å². The van der Waals surface area contributed by atoms with E-state index in [2.05, 4.69) is 20.2 Å². The summed E-state index contributed by atoms with van der Waals surface area (Å²) in [6.45, 7) is 6.31. The Kier molecular flexibility index (Phi) is 6.43. The third-order valence-corrected chi connectivity index (χ3v) is 7.20. The molecule has 0 N–H and O–H groups in total. The van der Waals surface area contributed by atoms with Gasteiger partial charge in [-0.05, 0) is 56.7 Å². The third kappa shape index (κ3) is 4.62. The van der Waals surface area contributed by atoms with Gasteiger partial charge in [0.05, 0.1) is 6.20 Å². The fraction of sp³-hybridized carbons (Fsp3) is 0.200. The first-order chi connectivity index (χ1) is 19.9. The first-order valence-corrected chi connectivity index (χ1v) is 13.0. The molecule has 0 saturated heterocycles. The van der Waals surface area contributed by atoms with Crippen molar-refractivity contribution in [3.05, 3.63) is 107 Å². The molecule has 1 atom stereocenters. The second-order valence-electron chi connectivity index (χ2n) is 10.3. The standard InChI is InChI=1S/C30H24F5N7/c1-16-5-6-17(2)42(16)29-38-28-18(3)22(11-12-40(28)39-29)26-24(33)13-23(32)25(37-26)20-14-36-41(15-20)27(30(4,34)35)19-7-9-21(31)10-8-19/h5-15,27H,1-4H3/t27-/m1/s1. The average Bonchev–Trinajstić information content (AvgIpc) is 3.64. The van der Waals surface area contributed by atoms with Crippen LogP contribution in [0.1, 0.15) is 35.5 Å². The van der Waals surface area contributed by atoms with Gasteiger partial charge in [-0.1, -0.05) is 12.1 Å². The van der Waals surface area contributed by atoms with Crippen molar-refractivity contribution in [2.24, 2.45) is 0 Å². The molecule has 0 unspecified atom stereocenters. The van der Waals surface area contributed by atoms with E-state index in [4.69, 9.17) is 0 Å². The summed E-state index contributed by atoms with van der Waals surface area (Å²) in [5, 5.41) is 8.59. The van der Waals surface area contributed by atoms with Gasteiger partial charge in [0.1, 0.15) is 23.2 Å². The summed E-state index contributed by atoms with van der Waals surface area (Å²) in [4.78, 5) is 8.93. The molecule has 5 heterocycles. The van der Waals surface area contributed by atoms with Crippen LogP contribution in [0.15, 0.2) is 67.1 Å². The van der Waals surface area contributed by atoms with Crippen molar-refractivity contribution in [3.63, 3.8) is 0 Å². The molecular weight excluding hydrogens is 553 g/mol. The van der Waals surface area contributed by atoms with Crippen LogP contribution in [0.4, 0.5) is 22.0 Å². The summed E-state index contributed by atoms with van der Waals surface area (Å²) in [5.41, 5.74) is 3.02. The predicted molar refractivity (Wildman–Crippen MR) is 146 cm³/mol. The molecule has 7 nitrogen and oxygen atoms in total. The minimum Gasteiger partial charge on any atom is -0.286 e. The van der Waals surface area contributed by atoms with Crippen LogP contribution in [-0.2, 0) is 0 Å². The molecule has 0 saturated carbocycles. The number of nitrogens with zero attached hydrogens (tertiary/aromatic N) is 7. The number of rotatable bonds is 6. The zero-order chi connectivity index (χ0) is 29.9. The molecule has 42 heavy (non-hydrogen) atoms. The van der Waals surface area contributed by atoms with E-state index in [9.17, 15) is 13.2 Å². The minimum atomic E-state index is -3.30. The summed E-state index contributed by atoms with van der Waals surface area (Å²) < 4.78 is 77.5. The van der Waals surface area contributed by atoms with Gasteiger partial charge >= 0.3 is 0 Å². The van der Waals surface area contributed by atoms with Crippen molar-refractivity contribution >= 4 is 5.65 Å². The zero-order valence-electron chi connectivity index (χ0n) is 22.9. The topological polar surface area (TPSA) is 65.8 Å². The van der Waals surface area contributed by atoms with Gasteiger partial charge in [0.15, 0.2) is 17.3 Å². The molecule has 0 amide bonds. The Bertz CT molecular complexity index is 1930. The molecule has 0 aliphatic rings. The number of fused-ring (bicyclic) bond motifs is 1. The number of aromatic nitrogens is 7. The second kappa shape index (κ2) is 9.89. The molecule has 5 aromatic heterocycles. The maximum absolute atomic E-state index is 15.2. The summed E-state index contributed by atoms with van der Waals surface area (Å²) in [5.74, 6) is -5.33. The molecular formula is C30H24F5N7. The largest absolute Gasteiger partial charge is 0.286 e. The number of hydrogen-bond donors (Lipinski definition) is 0. The molecule has 0 spiro atoms. The van der Waals surface area contributed by atoms with E-state index in [1.165, 1.54) is 24.5 Å². The number of alkyl halides is 2. The Hall–Kier alpha value is -4.87. The molecule has 1 aromatic carbocycles. The van der Waals surface area contributed by atoms with Crippen LogP contribution in [0.5, 0.6) is 0 Å². The highest BCUT2D eigenvalue weighted by atomic mass is 19.3. The van der Waals surface area contributed by atoms with Crippen molar-refractivity contribution in [3.8, 4) is 28.5 Å². The maximum Gasteiger partial charge on any atom is 0.271 e. The normalized spacial score (nSPS) is 12.8. The lowest BCUT2D eigenvalue weighted by atomic mass is 10.0. The van der Waals surface area contributed by atoms with Crippen LogP contribution in [0, 0.1) is 38.2 Å². The van der Waals surface area contributed by atoms with Crippen molar-refractivity contribution < 1.29 is 22.0 Å². The summed E-state index contributed by atoms with van der Waals surface area (Å²) >= 11 is 0. The van der Waals surface area contributed by atoms with Crippen LogP contribution in [0.3, 0.4) is 0 Å². The van der Waals surface area contributed by atoms with Gasteiger partial charge in [0.25, 0.3) is 11.9 Å². The Labute approximate surface area is 236 Å². The first-order valence-electron chi connectivity index (χ1n) is 13.0. The van der Waals surface area contributed by atoms with Crippen LogP contribution >= 0.6 is 0 Å². The molecule has 0 bridgehead atoms. The fourth-order valence-corrected chi connectivity index (χ4v) is 5.18. The SMILES string of the molecule is Cc1c(-c2nc(-c3cnn([C@H](c4ccc(F)cc4)C(C)(F)F)c3)c(F)cc2F)ccn2nc(-n3c(C)ccc3C)nc12. The lowest BCUT2D eigenvalue weighted by Gasteiger charge is -2.24. The molecule has 6 rings (SSSR count). The Balaban J connectivity index is 1.43. The summed E-state index contributed by atoms with van der Waals surface area (Å²) in [6.07, 6.45) is 4.00. The van der Waals surface area contributed by atoms with Crippen LogP contribution in [0.25, 0.3) is 34.1 Å². The van der Waals surface area contributed by atoms with Crippen LogP contribution in [0.2, 0.25) is 0 Å². The van der Waals surface area contributed by atoms with E-state index in [-0.39, 0.29) is 22.5 Å². The van der Waals surface area contributed by atoms with Gasteiger partial charge < -0.3 is 0 Å². The number of pyridine rings is 2. The molecule has 0 fully saturated rings. The lowest BCUT2D eigenvalue weighted by Crippen LogP contribution is -2.29. The minimum absolute atomic E-state index is 0.0622. The summed E-state index contributed by atoms with van der Waals surface area (Å²) in [7, 11) is 0. The Morgan fingerprint density at radius 2 is 1.50 bits per heavy atom. The van der Waals surface area contributed by atoms with Crippen molar-refractivity contribution in [2.45, 2.75) is 39.7 Å². The number of halogens is 5. The Morgan fingerprint density at radius 1 is 0.833 bits per heavy atom. The fourth-order valence-electron chi connectivity index (χ4n) is 5.18. The van der Waals surface area contributed by atoms with Crippen molar-refractivity contribution in [2.75, 3.05) is 0 Å². The van der Waals surface area contributed by atoms with Gasteiger partial charge in [-0.25, -0.2) is 31.5 Å². The molecule has 6 aromatic rings. The zero-order valence-corrected chi connectivity index (χ0v) is 22.9. The smallest absolute Gasteiger partial charge is 0.271 e.